The van der Waals surface area contributed by atoms with Gasteiger partial charge in [-0.25, -0.2) is 17.6 Å². The molecule has 11 heteroatoms. The number of halogens is 4. The maximum atomic E-state index is 14.5. The number of aliphatic hydroxyl groups is 1. The fourth-order valence-corrected chi connectivity index (χ4v) is 6.62. The van der Waals surface area contributed by atoms with Gasteiger partial charge in [0.2, 0.25) is 0 Å². The van der Waals surface area contributed by atoms with E-state index >= 15 is 0 Å². The first-order chi connectivity index (χ1) is 21.4. The van der Waals surface area contributed by atoms with Crippen molar-refractivity contribution in [2.45, 2.75) is 65.1 Å². The third kappa shape index (κ3) is 5.77. The van der Waals surface area contributed by atoms with Crippen molar-refractivity contribution in [1.82, 2.24) is 14.0 Å². The molecule has 2 fully saturated rings. The Labute approximate surface area is 258 Å². The average Bonchev–Trinajstić information content (AvgIpc) is 3.72. The van der Waals surface area contributed by atoms with Crippen LogP contribution < -0.4 is 0 Å². The maximum Gasteiger partial charge on any atom is 0.178 e. The van der Waals surface area contributed by atoms with Crippen molar-refractivity contribution in [1.29, 1.82) is 10.5 Å². The summed E-state index contributed by atoms with van der Waals surface area (Å²) in [5, 5.41) is 27.5. The molecule has 2 aromatic heterocycles. The zero-order valence-electron chi connectivity index (χ0n) is 25.2. The highest BCUT2D eigenvalue weighted by Crippen LogP contribution is 2.38. The van der Waals surface area contributed by atoms with Crippen molar-refractivity contribution in [3.63, 3.8) is 0 Å². The van der Waals surface area contributed by atoms with Crippen LogP contribution in [0.15, 0.2) is 42.5 Å². The van der Waals surface area contributed by atoms with E-state index in [4.69, 9.17) is 10.5 Å². The van der Waals surface area contributed by atoms with E-state index in [1.165, 1.54) is 4.57 Å². The van der Waals surface area contributed by atoms with Gasteiger partial charge < -0.3 is 14.2 Å². The van der Waals surface area contributed by atoms with Crippen molar-refractivity contribution >= 4 is 5.78 Å². The second-order valence-electron chi connectivity index (χ2n) is 11.6. The molecule has 0 aliphatic carbocycles. The Balaban J connectivity index is 0.000000201. The lowest BCUT2D eigenvalue weighted by atomic mass is 9.98. The van der Waals surface area contributed by atoms with Gasteiger partial charge in [0, 0.05) is 52.6 Å². The number of carbonyl (C=O) groups excluding carboxylic acids is 1. The van der Waals surface area contributed by atoms with Gasteiger partial charge in [-0.05, 0) is 77.3 Å². The first-order valence-electron chi connectivity index (χ1n) is 14.5. The van der Waals surface area contributed by atoms with E-state index in [9.17, 15) is 27.5 Å². The molecule has 1 N–H and O–H groups in total. The van der Waals surface area contributed by atoms with E-state index in [0.29, 0.717) is 23.4 Å². The standard InChI is InChI=1S/C21H21F2N3O2.C13H10F2N2/c1-11-5-15(21(28)10-25-14-3-4-18(25)20(27)7-14)12(2)26(11)19-8-16(22)13(9-24)6-17(19)23;1-8-3-4-9(2)17(8)13-6-11(14)10(7-16)5-12(13)15/h5-6,8,14,18,20,27H,3-4,7,10H2,1-2H3;3-6H,1-2H3/t14?,18?,20-;/m0./s1. The van der Waals surface area contributed by atoms with Gasteiger partial charge in [0.05, 0.1) is 35.2 Å². The molecule has 232 valence electrons. The van der Waals surface area contributed by atoms with E-state index in [2.05, 4.69) is 4.90 Å². The average molecular weight is 618 g/mol. The Morgan fingerprint density at radius 2 is 1.33 bits per heavy atom. The Morgan fingerprint density at radius 1 is 0.800 bits per heavy atom. The van der Waals surface area contributed by atoms with Crippen LogP contribution >= 0.6 is 0 Å². The summed E-state index contributed by atoms with van der Waals surface area (Å²) in [5.74, 6) is -2.94. The molecule has 0 spiro atoms. The van der Waals surface area contributed by atoms with Gasteiger partial charge in [-0.15, -0.1) is 0 Å². The number of hydrogen-bond acceptors (Lipinski definition) is 5. The van der Waals surface area contributed by atoms with Crippen molar-refractivity contribution < 1.29 is 27.5 Å². The number of fused-ring (bicyclic) bond motifs is 2. The number of nitriles is 2. The molecule has 45 heavy (non-hydrogen) atoms. The Hall–Kier alpha value is -4.71. The van der Waals surface area contributed by atoms with Gasteiger partial charge in [0.25, 0.3) is 0 Å². The van der Waals surface area contributed by atoms with Gasteiger partial charge in [-0.1, -0.05) is 0 Å². The van der Waals surface area contributed by atoms with Crippen molar-refractivity contribution in [2.24, 2.45) is 0 Å². The van der Waals surface area contributed by atoms with E-state index in [1.807, 2.05) is 26.0 Å². The molecule has 7 nitrogen and oxygen atoms in total. The molecule has 2 aliphatic heterocycles. The second-order valence-corrected chi connectivity index (χ2v) is 11.6. The van der Waals surface area contributed by atoms with Gasteiger partial charge in [0.1, 0.15) is 35.4 Å². The molecule has 2 unspecified atom stereocenters. The molecule has 4 heterocycles. The molecule has 2 saturated heterocycles. The van der Waals surface area contributed by atoms with Crippen LogP contribution in [0.4, 0.5) is 17.6 Å². The summed E-state index contributed by atoms with van der Waals surface area (Å²) in [4.78, 5) is 15.0. The Kier molecular flexibility index (Phi) is 8.70. The molecule has 6 rings (SSSR count). The van der Waals surface area contributed by atoms with Crippen LogP contribution in [0.3, 0.4) is 0 Å². The SMILES string of the molecule is Cc1cc(C(=O)CN2C3CCC2[C@@H](O)C3)c(C)n1-c1cc(F)c(C#N)cc1F.Cc1ccc(C)n1-c1cc(F)c(C#N)cc1F. The lowest BCUT2D eigenvalue weighted by Crippen LogP contribution is -2.36. The zero-order chi connectivity index (χ0) is 32.7. The summed E-state index contributed by atoms with van der Waals surface area (Å²) >= 11 is 0. The molecule has 0 saturated carbocycles. The minimum atomic E-state index is -0.804. The summed E-state index contributed by atoms with van der Waals surface area (Å²) in [6, 6.07) is 12.7. The monoisotopic (exact) mass is 617 g/mol. The normalized spacial score (nSPS) is 18.8. The van der Waals surface area contributed by atoms with Crippen molar-refractivity contribution in [3.8, 4) is 23.5 Å². The van der Waals surface area contributed by atoms with Crippen molar-refractivity contribution in [3.05, 3.63) is 105 Å². The largest absolute Gasteiger partial charge is 0.391 e. The van der Waals surface area contributed by atoms with Crippen LogP contribution in [0.25, 0.3) is 11.4 Å². The number of ketones is 1. The number of benzene rings is 2. The minimum Gasteiger partial charge on any atom is -0.391 e. The number of rotatable bonds is 5. The van der Waals surface area contributed by atoms with Crippen LogP contribution in [0.5, 0.6) is 0 Å². The van der Waals surface area contributed by atoms with Gasteiger partial charge in [0.15, 0.2) is 5.78 Å². The predicted octanol–water partition coefficient (Wildman–Crippen LogP) is 6.27. The fourth-order valence-electron chi connectivity index (χ4n) is 6.62. The molecule has 0 radical (unpaired) electrons. The minimum absolute atomic E-state index is 0.0257. The van der Waals surface area contributed by atoms with Gasteiger partial charge >= 0.3 is 0 Å². The maximum absolute atomic E-state index is 14.5. The first kappa shape index (κ1) is 31.7. The second kappa shape index (κ2) is 12.4. The number of carbonyl (C=O) groups is 1. The highest BCUT2D eigenvalue weighted by molar-refractivity contribution is 5.99. The number of Topliss-reactive ketones (excluding diaryl/α,β-unsaturated/α-hetero) is 1. The topological polar surface area (TPSA) is 98.0 Å². The molecule has 2 aromatic carbocycles. The quantitative estimate of drug-likeness (QED) is 0.210. The molecular formula is C34H31F4N5O2. The van der Waals surface area contributed by atoms with Crippen LogP contribution in [0.1, 0.15) is 63.5 Å². The zero-order valence-corrected chi connectivity index (χ0v) is 25.2. The number of aromatic nitrogens is 2. The number of nitrogens with zero attached hydrogens (tertiary/aromatic N) is 5. The molecule has 2 aliphatic rings. The number of hydrogen-bond donors (Lipinski definition) is 1. The fraction of sp³-hybridized carbons (Fsp3) is 0.324. The summed E-state index contributed by atoms with van der Waals surface area (Å²) in [6.07, 6.45) is 2.21. The van der Waals surface area contributed by atoms with Crippen LogP contribution in [0.2, 0.25) is 0 Å². The number of aliphatic hydroxyl groups excluding tert-OH is 1. The first-order valence-corrected chi connectivity index (χ1v) is 14.5. The molecule has 3 atom stereocenters. The van der Waals surface area contributed by atoms with Crippen LogP contribution in [-0.4, -0.2) is 49.7 Å². The van der Waals surface area contributed by atoms with Gasteiger partial charge in [-0.2, -0.15) is 10.5 Å². The number of aryl methyl sites for hydroxylation is 3. The third-order valence-electron chi connectivity index (χ3n) is 8.77. The lowest BCUT2D eigenvalue weighted by molar-refractivity contribution is 0.0873. The van der Waals surface area contributed by atoms with E-state index < -0.39 is 23.3 Å². The predicted molar refractivity (Wildman–Crippen MR) is 158 cm³/mol. The van der Waals surface area contributed by atoms with Crippen molar-refractivity contribution in [2.75, 3.05) is 6.54 Å². The molecule has 4 aromatic rings. The lowest BCUT2D eigenvalue weighted by Gasteiger charge is -2.21. The van der Waals surface area contributed by atoms with E-state index in [-0.39, 0.29) is 53.0 Å². The highest BCUT2D eigenvalue weighted by atomic mass is 19.1. The Morgan fingerprint density at radius 3 is 1.80 bits per heavy atom. The molecule has 2 bridgehead atoms. The smallest absolute Gasteiger partial charge is 0.178 e. The van der Waals surface area contributed by atoms with Crippen LogP contribution in [0, 0.1) is 73.6 Å². The van der Waals surface area contributed by atoms with E-state index in [1.54, 1.807) is 36.6 Å². The summed E-state index contributed by atoms with van der Waals surface area (Å²) in [7, 11) is 0. The summed E-state index contributed by atoms with van der Waals surface area (Å²) in [6.45, 7) is 7.25. The highest BCUT2D eigenvalue weighted by Gasteiger charge is 2.46. The van der Waals surface area contributed by atoms with E-state index in [0.717, 1.165) is 48.5 Å². The van der Waals surface area contributed by atoms with Gasteiger partial charge in [-0.3, -0.25) is 9.69 Å². The summed E-state index contributed by atoms with van der Waals surface area (Å²) in [5.41, 5.74) is 2.67. The molecule has 0 amide bonds. The molecular weight excluding hydrogens is 586 g/mol. The third-order valence-corrected chi connectivity index (χ3v) is 8.77. The summed E-state index contributed by atoms with van der Waals surface area (Å²) < 4.78 is 58.9. The van der Waals surface area contributed by atoms with Crippen LogP contribution in [-0.2, 0) is 0 Å². The Bertz CT molecular complexity index is 1880.